The molecule has 0 aliphatic carbocycles. The quantitative estimate of drug-likeness (QED) is 0.778. The SMILES string of the molecule is O=C(CCn1ccccc1=O)Nc1nnc(-c2ccsc2)s1. The second kappa shape index (κ2) is 6.63. The molecule has 0 saturated heterocycles. The maximum absolute atomic E-state index is 11.9. The van der Waals surface area contributed by atoms with E-state index in [2.05, 4.69) is 15.5 Å². The Morgan fingerprint density at radius 3 is 2.95 bits per heavy atom. The molecule has 3 heterocycles. The minimum atomic E-state index is -0.191. The van der Waals surface area contributed by atoms with Crippen molar-refractivity contribution in [3.63, 3.8) is 0 Å². The Morgan fingerprint density at radius 1 is 1.27 bits per heavy atom. The summed E-state index contributed by atoms with van der Waals surface area (Å²) in [5, 5.41) is 15.9. The third-order valence-electron chi connectivity index (χ3n) is 2.92. The summed E-state index contributed by atoms with van der Waals surface area (Å²) in [6, 6.07) is 6.86. The molecule has 0 unspecified atom stereocenters. The molecule has 0 saturated carbocycles. The topological polar surface area (TPSA) is 76.9 Å². The summed E-state index contributed by atoms with van der Waals surface area (Å²) < 4.78 is 1.50. The second-order valence-corrected chi connectivity index (χ2v) is 6.21. The van der Waals surface area contributed by atoms with Crippen molar-refractivity contribution >= 4 is 33.7 Å². The first-order valence-electron chi connectivity index (χ1n) is 6.54. The molecular weight excluding hydrogens is 320 g/mol. The van der Waals surface area contributed by atoms with Crippen molar-refractivity contribution in [2.75, 3.05) is 5.32 Å². The minimum Gasteiger partial charge on any atom is -0.315 e. The van der Waals surface area contributed by atoms with E-state index < -0.39 is 0 Å². The number of nitrogens with zero attached hydrogens (tertiary/aromatic N) is 3. The molecule has 0 bridgehead atoms. The molecule has 1 amide bonds. The lowest BCUT2D eigenvalue weighted by Crippen LogP contribution is -2.21. The minimum absolute atomic E-state index is 0.119. The van der Waals surface area contributed by atoms with Gasteiger partial charge in [-0.25, -0.2) is 0 Å². The number of aryl methyl sites for hydroxylation is 1. The van der Waals surface area contributed by atoms with E-state index in [-0.39, 0.29) is 17.9 Å². The van der Waals surface area contributed by atoms with Crippen molar-refractivity contribution in [2.24, 2.45) is 0 Å². The molecule has 0 radical (unpaired) electrons. The number of hydrogen-bond acceptors (Lipinski definition) is 6. The van der Waals surface area contributed by atoms with Gasteiger partial charge in [-0.1, -0.05) is 17.4 Å². The number of amides is 1. The van der Waals surface area contributed by atoms with Crippen molar-refractivity contribution in [1.82, 2.24) is 14.8 Å². The third kappa shape index (κ3) is 3.46. The van der Waals surface area contributed by atoms with Crippen LogP contribution in [-0.4, -0.2) is 20.7 Å². The van der Waals surface area contributed by atoms with Gasteiger partial charge in [0.25, 0.3) is 5.56 Å². The van der Waals surface area contributed by atoms with Gasteiger partial charge in [0, 0.05) is 36.2 Å². The number of nitrogens with one attached hydrogen (secondary N) is 1. The lowest BCUT2D eigenvalue weighted by atomic mass is 10.4. The molecule has 0 atom stereocenters. The fraction of sp³-hybridized carbons (Fsp3) is 0.143. The Morgan fingerprint density at radius 2 is 2.18 bits per heavy atom. The van der Waals surface area contributed by atoms with Gasteiger partial charge in [-0.15, -0.1) is 10.2 Å². The van der Waals surface area contributed by atoms with Crippen LogP contribution >= 0.6 is 22.7 Å². The van der Waals surface area contributed by atoms with Crippen molar-refractivity contribution in [3.8, 4) is 10.6 Å². The molecule has 3 rings (SSSR count). The number of anilines is 1. The zero-order valence-corrected chi connectivity index (χ0v) is 13.1. The van der Waals surface area contributed by atoms with E-state index in [1.54, 1.807) is 29.7 Å². The lowest BCUT2D eigenvalue weighted by Gasteiger charge is -2.04. The van der Waals surface area contributed by atoms with Crippen LogP contribution < -0.4 is 10.9 Å². The summed E-state index contributed by atoms with van der Waals surface area (Å²) in [6.45, 7) is 0.335. The number of carbonyl (C=O) groups excluding carboxylic acids is 1. The predicted molar refractivity (Wildman–Crippen MR) is 87.2 cm³/mol. The molecule has 8 heteroatoms. The average Bonchev–Trinajstić information content (AvgIpc) is 3.17. The molecule has 0 fully saturated rings. The van der Waals surface area contributed by atoms with Gasteiger partial charge in [0.15, 0.2) is 0 Å². The smallest absolute Gasteiger partial charge is 0.250 e. The highest BCUT2D eigenvalue weighted by atomic mass is 32.1. The molecule has 1 N–H and O–H groups in total. The lowest BCUT2D eigenvalue weighted by molar-refractivity contribution is -0.116. The maximum Gasteiger partial charge on any atom is 0.250 e. The Kier molecular flexibility index (Phi) is 4.40. The normalized spacial score (nSPS) is 10.5. The largest absolute Gasteiger partial charge is 0.315 e. The highest BCUT2D eigenvalue weighted by Crippen LogP contribution is 2.27. The molecule has 3 aromatic heterocycles. The zero-order chi connectivity index (χ0) is 15.4. The van der Waals surface area contributed by atoms with E-state index in [0.29, 0.717) is 11.7 Å². The zero-order valence-electron chi connectivity index (χ0n) is 11.4. The van der Waals surface area contributed by atoms with Crippen molar-refractivity contribution in [3.05, 3.63) is 51.6 Å². The summed E-state index contributed by atoms with van der Waals surface area (Å²) in [6.07, 6.45) is 1.87. The van der Waals surface area contributed by atoms with Crippen LogP contribution in [0.25, 0.3) is 10.6 Å². The monoisotopic (exact) mass is 332 g/mol. The van der Waals surface area contributed by atoms with Gasteiger partial charge in [0.1, 0.15) is 5.01 Å². The molecular formula is C14H12N4O2S2. The van der Waals surface area contributed by atoms with Crippen LogP contribution in [-0.2, 0) is 11.3 Å². The number of carbonyl (C=O) groups is 1. The van der Waals surface area contributed by atoms with Crippen LogP contribution in [0.3, 0.4) is 0 Å². The average molecular weight is 332 g/mol. The highest BCUT2D eigenvalue weighted by molar-refractivity contribution is 7.19. The number of pyridine rings is 1. The van der Waals surface area contributed by atoms with E-state index in [9.17, 15) is 9.59 Å². The molecule has 0 aromatic carbocycles. The van der Waals surface area contributed by atoms with Gasteiger partial charge in [0.2, 0.25) is 11.0 Å². The molecule has 112 valence electrons. The molecule has 22 heavy (non-hydrogen) atoms. The summed E-state index contributed by atoms with van der Waals surface area (Å²) in [5.41, 5.74) is 0.879. The van der Waals surface area contributed by atoms with E-state index in [1.807, 2.05) is 16.8 Å². The molecule has 3 aromatic rings. The summed E-state index contributed by atoms with van der Waals surface area (Å²) >= 11 is 2.91. The van der Waals surface area contributed by atoms with E-state index >= 15 is 0 Å². The summed E-state index contributed by atoms with van der Waals surface area (Å²) in [4.78, 5) is 23.4. The van der Waals surface area contributed by atoms with Gasteiger partial charge in [-0.3, -0.25) is 9.59 Å². The molecule has 6 nitrogen and oxygen atoms in total. The molecule has 0 spiro atoms. The van der Waals surface area contributed by atoms with Crippen LogP contribution in [0.2, 0.25) is 0 Å². The van der Waals surface area contributed by atoms with Gasteiger partial charge >= 0.3 is 0 Å². The van der Waals surface area contributed by atoms with Gasteiger partial charge < -0.3 is 9.88 Å². The Hall–Kier alpha value is -2.32. The fourth-order valence-electron chi connectivity index (χ4n) is 1.83. The Balaban J connectivity index is 1.58. The standard InChI is InChI=1S/C14H12N4O2S2/c19-11(4-7-18-6-2-1-3-12(18)20)15-14-17-16-13(22-14)10-5-8-21-9-10/h1-3,5-6,8-9H,4,7H2,(H,15,17,19). The number of rotatable bonds is 5. The summed E-state index contributed by atoms with van der Waals surface area (Å²) in [7, 11) is 0. The van der Waals surface area contributed by atoms with Crippen LogP contribution in [0.1, 0.15) is 6.42 Å². The van der Waals surface area contributed by atoms with Crippen LogP contribution in [0.5, 0.6) is 0 Å². The first-order chi connectivity index (χ1) is 10.7. The molecule has 0 aliphatic heterocycles. The Bertz CT molecular complexity index is 823. The predicted octanol–water partition coefficient (Wildman–Crippen LogP) is 2.46. The second-order valence-electron chi connectivity index (χ2n) is 4.45. The first-order valence-corrected chi connectivity index (χ1v) is 8.30. The van der Waals surface area contributed by atoms with Crippen molar-refractivity contribution in [1.29, 1.82) is 0 Å². The Labute approximate surface area is 134 Å². The van der Waals surface area contributed by atoms with Gasteiger partial charge in [0.05, 0.1) is 0 Å². The van der Waals surface area contributed by atoms with Gasteiger partial charge in [-0.2, -0.15) is 11.3 Å². The number of hydrogen-bond donors (Lipinski definition) is 1. The van der Waals surface area contributed by atoms with E-state index in [4.69, 9.17) is 0 Å². The van der Waals surface area contributed by atoms with E-state index in [0.717, 1.165) is 10.6 Å². The van der Waals surface area contributed by atoms with Crippen molar-refractivity contribution in [2.45, 2.75) is 13.0 Å². The third-order valence-corrected chi connectivity index (χ3v) is 4.49. The molecule has 0 aliphatic rings. The van der Waals surface area contributed by atoms with Crippen LogP contribution in [0.15, 0.2) is 46.0 Å². The van der Waals surface area contributed by atoms with Crippen LogP contribution in [0.4, 0.5) is 5.13 Å². The highest BCUT2D eigenvalue weighted by Gasteiger charge is 2.10. The number of thiophene rings is 1. The fourth-order valence-corrected chi connectivity index (χ4v) is 3.30. The number of aromatic nitrogens is 3. The van der Waals surface area contributed by atoms with Gasteiger partial charge in [-0.05, 0) is 17.5 Å². The van der Waals surface area contributed by atoms with Crippen LogP contribution in [0, 0.1) is 0 Å². The summed E-state index contributed by atoms with van der Waals surface area (Å²) in [5.74, 6) is -0.191. The maximum atomic E-state index is 11.9. The van der Waals surface area contributed by atoms with Crippen molar-refractivity contribution < 1.29 is 4.79 Å². The first kappa shape index (κ1) is 14.6. The van der Waals surface area contributed by atoms with E-state index in [1.165, 1.54) is 22.0 Å².